The van der Waals surface area contributed by atoms with Crippen LogP contribution in [0.4, 0.5) is 0 Å². The van der Waals surface area contributed by atoms with E-state index in [0.717, 1.165) is 0 Å². The van der Waals surface area contributed by atoms with Crippen LogP contribution < -0.4 is 0 Å². The van der Waals surface area contributed by atoms with Gasteiger partial charge in [-0.05, 0) is 19.6 Å². The first kappa shape index (κ1) is 13.5. The Bertz CT molecular complexity index is 149. The molecule has 1 unspecified atom stereocenters. The van der Waals surface area contributed by atoms with Crippen molar-refractivity contribution < 1.29 is 17.1 Å². The van der Waals surface area contributed by atoms with Gasteiger partial charge >= 0.3 is 18.8 Å². The Morgan fingerprint density at radius 3 is 1.85 bits per heavy atom. The first-order valence-electron chi connectivity index (χ1n) is 4.04. The third kappa shape index (κ3) is 6.55. The van der Waals surface area contributed by atoms with Crippen molar-refractivity contribution in [3.8, 4) is 0 Å². The average Bonchev–Trinajstić information content (AvgIpc) is 1.98. The molecule has 0 aromatic carbocycles. The van der Waals surface area contributed by atoms with Crippen LogP contribution in [0.5, 0.6) is 0 Å². The Balaban J connectivity index is 4.11. The molecule has 0 aromatic heterocycles. The second-order valence-electron chi connectivity index (χ2n) is 3.67. The molecule has 7 heteroatoms. The van der Waals surface area contributed by atoms with Gasteiger partial charge in [-0.1, -0.05) is 0 Å². The minimum Gasteiger partial charge on any atom is -0.417 e. The maximum Gasteiger partial charge on any atom is 0.477 e. The molecule has 0 aliphatic heterocycles. The van der Waals surface area contributed by atoms with Gasteiger partial charge in [-0.15, -0.1) is 0 Å². The lowest BCUT2D eigenvalue weighted by Gasteiger charge is -2.30. The number of hydrogen-bond donors (Lipinski definition) is 0. The first-order valence-corrected chi connectivity index (χ1v) is 10.5. The van der Waals surface area contributed by atoms with Gasteiger partial charge in [-0.3, -0.25) is 0 Å². The molecule has 2 radical (unpaired) electrons. The van der Waals surface area contributed by atoms with Crippen molar-refractivity contribution in [3.05, 3.63) is 0 Å². The molecule has 4 nitrogen and oxygen atoms in total. The monoisotopic (exact) mass is 238 g/mol. The molecule has 0 amide bonds. The van der Waals surface area contributed by atoms with E-state index >= 15 is 0 Å². The fourth-order valence-corrected chi connectivity index (χ4v) is 7.37. The summed E-state index contributed by atoms with van der Waals surface area (Å²) >= 11 is 0. The number of rotatable bonds is 6. The molecule has 0 bridgehead atoms. The van der Waals surface area contributed by atoms with E-state index in [4.69, 9.17) is 17.1 Å². The maximum atomic E-state index is 5.84. The molecule has 0 saturated heterocycles. The van der Waals surface area contributed by atoms with Crippen LogP contribution in [0, 0.1) is 0 Å². The predicted molar refractivity (Wildman–Crippen MR) is 56.9 cm³/mol. The summed E-state index contributed by atoms with van der Waals surface area (Å²) in [5.41, 5.74) is 0. The average molecular weight is 238 g/mol. The van der Waals surface area contributed by atoms with Gasteiger partial charge in [0.05, 0.1) is 0 Å². The highest BCUT2D eigenvalue weighted by Crippen LogP contribution is 2.15. The van der Waals surface area contributed by atoms with Gasteiger partial charge in [0.2, 0.25) is 0 Å². The topological polar surface area (TPSA) is 36.9 Å². The zero-order valence-electron chi connectivity index (χ0n) is 9.13. The van der Waals surface area contributed by atoms with E-state index in [1.807, 2.05) is 6.55 Å². The minimum absolute atomic E-state index is 0.00708. The van der Waals surface area contributed by atoms with Crippen LogP contribution in [0.1, 0.15) is 0 Å². The van der Waals surface area contributed by atoms with Crippen LogP contribution in [0.15, 0.2) is 0 Å². The molecule has 0 N–H and O–H groups in total. The van der Waals surface area contributed by atoms with E-state index in [1.165, 1.54) is 0 Å². The second kappa shape index (κ2) is 5.39. The summed E-state index contributed by atoms with van der Waals surface area (Å²) in [6, 6.07) is 0. The van der Waals surface area contributed by atoms with Crippen molar-refractivity contribution in [1.82, 2.24) is 0 Å². The quantitative estimate of drug-likeness (QED) is 0.653. The van der Waals surface area contributed by atoms with Crippen molar-refractivity contribution in [1.29, 1.82) is 0 Å². The Labute approximate surface area is 85.1 Å². The van der Waals surface area contributed by atoms with Gasteiger partial charge in [0.1, 0.15) is 0 Å². The van der Waals surface area contributed by atoms with Gasteiger partial charge in [0.25, 0.3) is 0 Å². The SMILES string of the molecule is CO[Si]O[Si](C)(OC)O[Si](C)(C)C. The van der Waals surface area contributed by atoms with Crippen LogP contribution in [-0.2, 0) is 17.1 Å². The summed E-state index contributed by atoms with van der Waals surface area (Å²) in [7, 11) is -0.829. The Kier molecular flexibility index (Phi) is 5.59. The van der Waals surface area contributed by atoms with Gasteiger partial charge in [-0.25, -0.2) is 0 Å². The molecule has 1 atom stereocenters. The third-order valence-electron chi connectivity index (χ3n) is 1.17. The van der Waals surface area contributed by atoms with Crippen LogP contribution in [0.3, 0.4) is 0 Å². The lowest BCUT2D eigenvalue weighted by molar-refractivity contribution is 0.197. The predicted octanol–water partition coefficient (Wildman–Crippen LogP) is 1.25. The first-order chi connectivity index (χ1) is 5.83. The second-order valence-corrected chi connectivity index (χ2v) is 12.2. The fourth-order valence-electron chi connectivity index (χ4n) is 0.778. The van der Waals surface area contributed by atoms with Crippen molar-refractivity contribution >= 4 is 27.1 Å². The fraction of sp³-hybridized carbons (Fsp3) is 1.00. The van der Waals surface area contributed by atoms with E-state index in [-0.39, 0.29) is 10.0 Å². The van der Waals surface area contributed by atoms with Crippen LogP contribution in [0.2, 0.25) is 26.2 Å². The van der Waals surface area contributed by atoms with E-state index in [1.54, 1.807) is 14.2 Å². The lowest BCUT2D eigenvalue weighted by Crippen LogP contribution is -2.50. The minimum atomic E-state index is -2.43. The van der Waals surface area contributed by atoms with Crippen molar-refractivity contribution in [2.45, 2.75) is 26.2 Å². The highest BCUT2D eigenvalue weighted by atomic mass is 28.5. The molecule has 0 fully saturated rings. The van der Waals surface area contributed by atoms with Crippen LogP contribution >= 0.6 is 0 Å². The van der Waals surface area contributed by atoms with E-state index in [2.05, 4.69) is 19.6 Å². The molecule has 0 spiro atoms. The van der Waals surface area contributed by atoms with E-state index in [0.29, 0.717) is 0 Å². The molecule has 13 heavy (non-hydrogen) atoms. The molecular weight excluding hydrogens is 220 g/mol. The summed E-state index contributed by atoms with van der Waals surface area (Å²) in [5.74, 6) is 0. The van der Waals surface area contributed by atoms with E-state index in [9.17, 15) is 0 Å². The highest BCUT2D eigenvalue weighted by Gasteiger charge is 2.38. The number of hydrogen-bond acceptors (Lipinski definition) is 4. The Hall–Kier alpha value is 0.491. The van der Waals surface area contributed by atoms with Crippen molar-refractivity contribution in [2.24, 2.45) is 0 Å². The molecule has 0 aliphatic rings. The third-order valence-corrected chi connectivity index (χ3v) is 7.83. The summed E-state index contributed by atoms with van der Waals surface area (Å²) in [6.07, 6.45) is 0. The van der Waals surface area contributed by atoms with Gasteiger partial charge < -0.3 is 17.1 Å². The van der Waals surface area contributed by atoms with Gasteiger partial charge in [0, 0.05) is 20.8 Å². The molecule has 0 saturated carbocycles. The van der Waals surface area contributed by atoms with Crippen LogP contribution in [0.25, 0.3) is 0 Å². The molecule has 0 aliphatic carbocycles. The standard InChI is InChI=1S/C6H18O4Si3/c1-7-11-9-13(6,8-2)10-12(3,4)5/h1-6H3. The molecule has 0 rings (SSSR count). The molecule has 0 aromatic rings. The summed E-state index contributed by atoms with van der Waals surface area (Å²) in [4.78, 5) is 0. The van der Waals surface area contributed by atoms with Crippen LogP contribution in [-0.4, -0.2) is 41.3 Å². The van der Waals surface area contributed by atoms with Crippen molar-refractivity contribution in [3.63, 3.8) is 0 Å². The zero-order valence-corrected chi connectivity index (χ0v) is 12.1. The highest BCUT2D eigenvalue weighted by molar-refractivity contribution is 6.80. The maximum absolute atomic E-state index is 5.84. The lowest BCUT2D eigenvalue weighted by atomic mass is 11.8. The molecule has 0 heterocycles. The summed E-state index contributed by atoms with van der Waals surface area (Å²) in [6.45, 7) is 8.21. The van der Waals surface area contributed by atoms with Crippen molar-refractivity contribution in [2.75, 3.05) is 14.2 Å². The Morgan fingerprint density at radius 2 is 1.54 bits per heavy atom. The molecule has 78 valence electrons. The zero-order chi connectivity index (χ0) is 10.5. The van der Waals surface area contributed by atoms with E-state index < -0.39 is 17.1 Å². The summed E-state index contributed by atoms with van der Waals surface area (Å²) in [5, 5.41) is 0. The largest absolute Gasteiger partial charge is 0.477 e. The van der Waals surface area contributed by atoms with Gasteiger partial charge in [0.15, 0.2) is 8.32 Å². The Morgan fingerprint density at radius 1 is 1.00 bits per heavy atom. The molecular formula is C6H18O4Si3. The van der Waals surface area contributed by atoms with Gasteiger partial charge in [-0.2, -0.15) is 0 Å². The smallest absolute Gasteiger partial charge is 0.417 e. The summed E-state index contributed by atoms with van der Waals surface area (Å²) < 4.78 is 21.4. The normalized spacial score (nSPS) is 17.1.